The Morgan fingerprint density at radius 3 is 2.69 bits per heavy atom. The number of nitrogens with zero attached hydrogens (tertiary/aromatic N) is 2. The molecule has 0 atom stereocenters. The summed E-state index contributed by atoms with van der Waals surface area (Å²) >= 11 is 0. The first kappa shape index (κ1) is 11.2. The molecule has 4 heteroatoms. The Kier molecular flexibility index (Phi) is 3.27. The SMILES string of the molecule is CCc1nc(NC)c(C)c(OCC2CC2)n1. The van der Waals surface area contributed by atoms with Gasteiger partial charge in [-0.05, 0) is 25.7 Å². The van der Waals surface area contributed by atoms with Crippen molar-refractivity contribution in [2.24, 2.45) is 5.92 Å². The average Bonchev–Trinajstić information content (AvgIpc) is 3.11. The molecule has 1 aromatic rings. The zero-order chi connectivity index (χ0) is 11.5. The first-order chi connectivity index (χ1) is 7.74. The third-order valence-electron chi connectivity index (χ3n) is 2.85. The third kappa shape index (κ3) is 2.43. The molecular formula is C12H19N3O. The van der Waals surface area contributed by atoms with E-state index in [2.05, 4.69) is 22.2 Å². The summed E-state index contributed by atoms with van der Waals surface area (Å²) in [5.41, 5.74) is 1.00. The van der Waals surface area contributed by atoms with Gasteiger partial charge in [0.1, 0.15) is 11.6 Å². The minimum atomic E-state index is 0.739. The van der Waals surface area contributed by atoms with Gasteiger partial charge in [-0.3, -0.25) is 0 Å². The van der Waals surface area contributed by atoms with Crippen LogP contribution in [0, 0.1) is 12.8 Å². The van der Waals surface area contributed by atoms with E-state index >= 15 is 0 Å². The van der Waals surface area contributed by atoms with Crippen LogP contribution in [0.2, 0.25) is 0 Å². The number of nitrogens with one attached hydrogen (secondary N) is 1. The molecule has 0 radical (unpaired) electrons. The lowest BCUT2D eigenvalue weighted by molar-refractivity contribution is 0.285. The molecule has 0 amide bonds. The van der Waals surface area contributed by atoms with Crippen molar-refractivity contribution in [3.8, 4) is 5.88 Å². The van der Waals surface area contributed by atoms with Crippen LogP contribution in [-0.4, -0.2) is 23.6 Å². The van der Waals surface area contributed by atoms with Gasteiger partial charge in [0.2, 0.25) is 5.88 Å². The second-order valence-corrected chi connectivity index (χ2v) is 4.28. The predicted octanol–water partition coefficient (Wildman–Crippen LogP) is 2.18. The van der Waals surface area contributed by atoms with Crippen molar-refractivity contribution in [1.29, 1.82) is 0 Å². The van der Waals surface area contributed by atoms with Gasteiger partial charge >= 0.3 is 0 Å². The van der Waals surface area contributed by atoms with Crippen LogP contribution in [0.3, 0.4) is 0 Å². The number of rotatable bonds is 5. The molecule has 0 saturated heterocycles. The summed E-state index contributed by atoms with van der Waals surface area (Å²) in [5.74, 6) is 3.19. The van der Waals surface area contributed by atoms with Crippen LogP contribution < -0.4 is 10.1 Å². The van der Waals surface area contributed by atoms with Gasteiger partial charge in [0.05, 0.1) is 12.2 Å². The second kappa shape index (κ2) is 4.68. The predicted molar refractivity (Wildman–Crippen MR) is 63.9 cm³/mol. The highest BCUT2D eigenvalue weighted by molar-refractivity contribution is 5.48. The second-order valence-electron chi connectivity index (χ2n) is 4.28. The maximum Gasteiger partial charge on any atom is 0.221 e. The van der Waals surface area contributed by atoms with Gasteiger partial charge < -0.3 is 10.1 Å². The lowest BCUT2D eigenvalue weighted by Gasteiger charge is -2.12. The minimum absolute atomic E-state index is 0.739. The van der Waals surface area contributed by atoms with Gasteiger partial charge in [-0.25, -0.2) is 4.98 Å². The normalized spacial score (nSPS) is 14.9. The number of hydrogen-bond donors (Lipinski definition) is 1. The number of hydrogen-bond acceptors (Lipinski definition) is 4. The van der Waals surface area contributed by atoms with Crippen LogP contribution in [0.4, 0.5) is 5.82 Å². The maximum absolute atomic E-state index is 5.75. The van der Waals surface area contributed by atoms with Crippen LogP contribution in [0.1, 0.15) is 31.2 Å². The largest absolute Gasteiger partial charge is 0.477 e. The van der Waals surface area contributed by atoms with E-state index in [4.69, 9.17) is 4.74 Å². The summed E-state index contributed by atoms with van der Waals surface area (Å²) in [5, 5.41) is 3.08. The van der Waals surface area contributed by atoms with Crippen LogP contribution in [0.15, 0.2) is 0 Å². The van der Waals surface area contributed by atoms with Gasteiger partial charge in [-0.2, -0.15) is 4.98 Å². The lowest BCUT2D eigenvalue weighted by Crippen LogP contribution is -2.08. The summed E-state index contributed by atoms with van der Waals surface area (Å²) in [6.45, 7) is 4.84. The molecule has 1 saturated carbocycles. The van der Waals surface area contributed by atoms with E-state index in [9.17, 15) is 0 Å². The fraction of sp³-hybridized carbons (Fsp3) is 0.667. The fourth-order valence-electron chi connectivity index (χ4n) is 1.56. The van der Waals surface area contributed by atoms with E-state index in [1.165, 1.54) is 12.8 Å². The molecule has 0 aliphatic heterocycles. The van der Waals surface area contributed by atoms with E-state index in [1.54, 1.807) is 0 Å². The van der Waals surface area contributed by atoms with Gasteiger partial charge in [0, 0.05) is 13.5 Å². The van der Waals surface area contributed by atoms with E-state index in [-0.39, 0.29) is 0 Å². The molecule has 1 aliphatic rings. The molecule has 2 rings (SSSR count). The molecule has 0 unspecified atom stereocenters. The highest BCUT2D eigenvalue weighted by Gasteiger charge is 2.23. The van der Waals surface area contributed by atoms with E-state index in [1.807, 2.05) is 14.0 Å². The molecular weight excluding hydrogens is 202 g/mol. The smallest absolute Gasteiger partial charge is 0.221 e. The van der Waals surface area contributed by atoms with Crippen molar-refractivity contribution in [1.82, 2.24) is 9.97 Å². The summed E-state index contributed by atoms with van der Waals surface area (Å²) in [6.07, 6.45) is 3.42. The number of anilines is 1. The standard InChI is InChI=1S/C12H19N3O/c1-4-10-14-11(13-3)8(2)12(15-10)16-7-9-5-6-9/h9H,4-7H2,1-3H3,(H,13,14,15). The van der Waals surface area contributed by atoms with Crippen LogP contribution in [0.5, 0.6) is 5.88 Å². The monoisotopic (exact) mass is 221 g/mol. The molecule has 88 valence electrons. The van der Waals surface area contributed by atoms with Gasteiger partial charge in [0.15, 0.2) is 0 Å². The first-order valence-corrected chi connectivity index (χ1v) is 5.92. The summed E-state index contributed by atoms with van der Waals surface area (Å²) < 4.78 is 5.75. The summed E-state index contributed by atoms with van der Waals surface area (Å²) in [6, 6.07) is 0. The number of aromatic nitrogens is 2. The average molecular weight is 221 g/mol. The van der Waals surface area contributed by atoms with E-state index < -0.39 is 0 Å². The Bertz CT molecular complexity index is 375. The molecule has 0 spiro atoms. The zero-order valence-electron chi connectivity index (χ0n) is 10.2. The van der Waals surface area contributed by atoms with Crippen molar-refractivity contribution in [3.05, 3.63) is 11.4 Å². The van der Waals surface area contributed by atoms with Crippen LogP contribution >= 0.6 is 0 Å². The van der Waals surface area contributed by atoms with Crippen LogP contribution in [-0.2, 0) is 6.42 Å². The van der Waals surface area contributed by atoms with E-state index in [0.29, 0.717) is 0 Å². The van der Waals surface area contributed by atoms with Gasteiger partial charge in [0.25, 0.3) is 0 Å². The van der Waals surface area contributed by atoms with Crippen LogP contribution in [0.25, 0.3) is 0 Å². The molecule has 1 aliphatic carbocycles. The first-order valence-electron chi connectivity index (χ1n) is 5.92. The summed E-state index contributed by atoms with van der Waals surface area (Å²) in [4.78, 5) is 8.84. The molecule has 16 heavy (non-hydrogen) atoms. The molecule has 0 bridgehead atoms. The van der Waals surface area contributed by atoms with E-state index in [0.717, 1.165) is 42.0 Å². The van der Waals surface area contributed by atoms with Crippen molar-refractivity contribution in [3.63, 3.8) is 0 Å². The molecule has 4 nitrogen and oxygen atoms in total. The Morgan fingerprint density at radius 1 is 1.38 bits per heavy atom. The third-order valence-corrected chi connectivity index (χ3v) is 2.85. The quantitative estimate of drug-likeness (QED) is 0.827. The highest BCUT2D eigenvalue weighted by Crippen LogP contribution is 2.30. The van der Waals surface area contributed by atoms with Crippen molar-refractivity contribution < 1.29 is 4.74 Å². The molecule has 1 aromatic heterocycles. The molecule has 1 N–H and O–H groups in total. The summed E-state index contributed by atoms with van der Waals surface area (Å²) in [7, 11) is 1.87. The van der Waals surface area contributed by atoms with Crippen molar-refractivity contribution >= 4 is 5.82 Å². The maximum atomic E-state index is 5.75. The van der Waals surface area contributed by atoms with Crippen molar-refractivity contribution in [2.45, 2.75) is 33.1 Å². The number of aryl methyl sites for hydroxylation is 1. The zero-order valence-corrected chi connectivity index (χ0v) is 10.2. The highest BCUT2D eigenvalue weighted by atomic mass is 16.5. The number of ether oxygens (including phenoxy) is 1. The van der Waals surface area contributed by atoms with Crippen molar-refractivity contribution in [2.75, 3.05) is 19.0 Å². The minimum Gasteiger partial charge on any atom is -0.477 e. The Hall–Kier alpha value is -1.32. The topological polar surface area (TPSA) is 47.0 Å². The van der Waals surface area contributed by atoms with Gasteiger partial charge in [-0.1, -0.05) is 6.92 Å². The Balaban J connectivity index is 2.18. The Morgan fingerprint density at radius 2 is 2.12 bits per heavy atom. The Labute approximate surface area is 96.4 Å². The lowest BCUT2D eigenvalue weighted by atomic mass is 10.3. The molecule has 0 aromatic carbocycles. The van der Waals surface area contributed by atoms with Gasteiger partial charge in [-0.15, -0.1) is 0 Å². The fourth-order valence-corrected chi connectivity index (χ4v) is 1.56. The molecule has 1 heterocycles. The molecule has 1 fully saturated rings.